The van der Waals surface area contributed by atoms with Crippen molar-refractivity contribution in [2.75, 3.05) is 6.54 Å². The molecule has 0 saturated heterocycles. The molecule has 0 aliphatic rings. The van der Waals surface area contributed by atoms with Crippen molar-refractivity contribution in [3.05, 3.63) is 65.5 Å². The second-order valence-electron chi connectivity index (χ2n) is 5.46. The Morgan fingerprint density at radius 2 is 1.84 bits per heavy atom. The molecule has 0 spiro atoms. The Labute approximate surface area is 145 Å². The smallest absolute Gasteiger partial charge is 0.407 e. The maximum absolute atomic E-state index is 11.6. The van der Waals surface area contributed by atoms with Gasteiger partial charge in [-0.05, 0) is 17.7 Å². The molecule has 7 heteroatoms. The Morgan fingerprint density at radius 3 is 2.52 bits per heavy atom. The van der Waals surface area contributed by atoms with Gasteiger partial charge in [-0.25, -0.2) is 9.78 Å². The fraction of sp³-hybridized carbons (Fsp3) is 0.278. The predicted molar refractivity (Wildman–Crippen MR) is 89.8 cm³/mol. The molecule has 2 rings (SSSR count). The molecule has 0 aliphatic carbocycles. The Kier molecular flexibility index (Phi) is 6.62. The molecule has 7 nitrogen and oxygen atoms in total. The quantitative estimate of drug-likeness (QED) is 0.659. The number of carbonyl (C=O) groups is 2. The zero-order valence-corrected chi connectivity index (χ0v) is 13.8. The molecule has 3 N–H and O–H groups in total. The number of aliphatic hydroxyl groups excluding tert-OH is 2. The number of hydrogen-bond acceptors (Lipinski definition) is 6. The fourth-order valence-electron chi connectivity index (χ4n) is 2.08. The number of aromatic nitrogens is 1. The SMILES string of the molecule is CC(=O)c1cccc(C(O)C(O)CNC(=O)OCc2ccccc2)n1. The van der Waals surface area contributed by atoms with E-state index in [9.17, 15) is 19.8 Å². The van der Waals surface area contributed by atoms with E-state index in [1.54, 1.807) is 6.07 Å². The summed E-state index contributed by atoms with van der Waals surface area (Å²) in [7, 11) is 0. The third kappa shape index (κ3) is 5.66. The van der Waals surface area contributed by atoms with E-state index in [0.717, 1.165) is 5.56 Å². The topological polar surface area (TPSA) is 109 Å². The minimum Gasteiger partial charge on any atom is -0.445 e. The predicted octanol–water partition coefficient (Wildman–Crippen LogP) is 1.60. The van der Waals surface area contributed by atoms with Crippen LogP contribution in [0.25, 0.3) is 0 Å². The van der Waals surface area contributed by atoms with E-state index in [0.29, 0.717) is 0 Å². The van der Waals surface area contributed by atoms with Crippen LogP contribution >= 0.6 is 0 Å². The van der Waals surface area contributed by atoms with Crippen LogP contribution in [0, 0.1) is 0 Å². The van der Waals surface area contributed by atoms with Crippen molar-refractivity contribution in [3.63, 3.8) is 0 Å². The summed E-state index contributed by atoms with van der Waals surface area (Å²) in [6, 6.07) is 13.7. The Balaban J connectivity index is 1.82. The summed E-state index contributed by atoms with van der Waals surface area (Å²) in [5.74, 6) is -0.244. The van der Waals surface area contributed by atoms with Crippen LogP contribution in [0.1, 0.15) is 34.8 Å². The van der Waals surface area contributed by atoms with E-state index in [-0.39, 0.29) is 30.3 Å². The van der Waals surface area contributed by atoms with E-state index in [1.807, 2.05) is 30.3 Å². The highest BCUT2D eigenvalue weighted by Gasteiger charge is 2.21. The summed E-state index contributed by atoms with van der Waals surface area (Å²) >= 11 is 0. The first kappa shape index (κ1) is 18.6. The molecule has 132 valence electrons. The lowest BCUT2D eigenvalue weighted by Gasteiger charge is -2.18. The molecule has 1 amide bonds. The molecule has 0 radical (unpaired) electrons. The lowest BCUT2D eigenvalue weighted by Crippen LogP contribution is -2.36. The molecule has 1 aromatic carbocycles. The molecule has 0 bridgehead atoms. The molecule has 0 fully saturated rings. The van der Waals surface area contributed by atoms with Crippen molar-refractivity contribution in [1.29, 1.82) is 0 Å². The maximum atomic E-state index is 11.6. The Morgan fingerprint density at radius 1 is 1.12 bits per heavy atom. The molecule has 2 aromatic rings. The van der Waals surface area contributed by atoms with E-state index < -0.39 is 18.3 Å². The lowest BCUT2D eigenvalue weighted by atomic mass is 10.1. The number of aliphatic hydroxyl groups is 2. The third-order valence-electron chi connectivity index (χ3n) is 3.47. The van der Waals surface area contributed by atoms with Gasteiger partial charge >= 0.3 is 6.09 Å². The van der Waals surface area contributed by atoms with Gasteiger partial charge in [-0.15, -0.1) is 0 Å². The summed E-state index contributed by atoms with van der Waals surface area (Å²) in [5.41, 5.74) is 1.18. The van der Waals surface area contributed by atoms with Crippen LogP contribution in [0.4, 0.5) is 4.79 Å². The van der Waals surface area contributed by atoms with Crippen molar-refractivity contribution in [2.24, 2.45) is 0 Å². The number of nitrogens with one attached hydrogen (secondary N) is 1. The van der Waals surface area contributed by atoms with Gasteiger partial charge in [0.2, 0.25) is 0 Å². The summed E-state index contributed by atoms with van der Waals surface area (Å²) in [6.45, 7) is 1.24. The average molecular weight is 344 g/mol. The first-order valence-electron chi connectivity index (χ1n) is 7.76. The molecule has 2 atom stereocenters. The summed E-state index contributed by atoms with van der Waals surface area (Å²) in [5, 5.41) is 22.5. The second kappa shape index (κ2) is 8.91. The lowest BCUT2D eigenvalue weighted by molar-refractivity contribution is 0.0158. The minimum absolute atomic E-state index is 0.105. The summed E-state index contributed by atoms with van der Waals surface area (Å²) in [4.78, 5) is 26.9. The van der Waals surface area contributed by atoms with Crippen LogP contribution < -0.4 is 5.32 Å². The highest BCUT2D eigenvalue weighted by molar-refractivity contribution is 5.92. The van der Waals surface area contributed by atoms with Crippen LogP contribution in [0.5, 0.6) is 0 Å². The minimum atomic E-state index is -1.34. The number of Topliss-reactive ketones (excluding diaryl/α,β-unsaturated/α-hetero) is 1. The average Bonchev–Trinajstić information content (AvgIpc) is 2.64. The fourth-order valence-corrected chi connectivity index (χ4v) is 2.08. The first-order chi connectivity index (χ1) is 12.0. The van der Waals surface area contributed by atoms with E-state index >= 15 is 0 Å². The monoisotopic (exact) mass is 344 g/mol. The van der Waals surface area contributed by atoms with Crippen molar-refractivity contribution in [1.82, 2.24) is 10.3 Å². The van der Waals surface area contributed by atoms with Gasteiger partial charge in [0.1, 0.15) is 24.5 Å². The molecule has 0 saturated carbocycles. The van der Waals surface area contributed by atoms with Crippen LogP contribution in [0.2, 0.25) is 0 Å². The standard InChI is InChI=1S/C18H20N2O5/c1-12(21)14-8-5-9-15(20-14)17(23)16(22)10-19-18(24)25-11-13-6-3-2-4-7-13/h2-9,16-17,22-23H,10-11H2,1H3,(H,19,24). The number of nitrogens with zero attached hydrogens (tertiary/aromatic N) is 1. The van der Waals surface area contributed by atoms with Gasteiger partial charge in [-0.2, -0.15) is 0 Å². The van der Waals surface area contributed by atoms with Gasteiger partial charge < -0.3 is 20.3 Å². The Hall–Kier alpha value is -2.77. The molecular formula is C18H20N2O5. The molecule has 2 unspecified atom stereocenters. The van der Waals surface area contributed by atoms with Crippen LogP contribution in [0.3, 0.4) is 0 Å². The zero-order chi connectivity index (χ0) is 18.2. The number of ether oxygens (including phenoxy) is 1. The normalized spacial score (nSPS) is 12.9. The van der Waals surface area contributed by atoms with Crippen molar-refractivity contribution < 1.29 is 24.5 Å². The third-order valence-corrected chi connectivity index (χ3v) is 3.47. The number of hydrogen-bond donors (Lipinski definition) is 3. The van der Waals surface area contributed by atoms with E-state index in [4.69, 9.17) is 4.74 Å². The van der Waals surface area contributed by atoms with Crippen LogP contribution in [0.15, 0.2) is 48.5 Å². The van der Waals surface area contributed by atoms with Gasteiger partial charge in [-0.3, -0.25) is 4.79 Å². The first-order valence-corrected chi connectivity index (χ1v) is 7.76. The number of carbonyl (C=O) groups excluding carboxylic acids is 2. The van der Waals surface area contributed by atoms with Crippen LogP contribution in [-0.2, 0) is 11.3 Å². The van der Waals surface area contributed by atoms with Gasteiger partial charge in [0.05, 0.1) is 5.69 Å². The van der Waals surface area contributed by atoms with Gasteiger partial charge in [-0.1, -0.05) is 36.4 Å². The van der Waals surface area contributed by atoms with Gasteiger partial charge in [0, 0.05) is 13.5 Å². The van der Waals surface area contributed by atoms with Crippen molar-refractivity contribution in [2.45, 2.75) is 25.7 Å². The summed E-state index contributed by atoms with van der Waals surface area (Å²) < 4.78 is 5.01. The highest BCUT2D eigenvalue weighted by Crippen LogP contribution is 2.15. The number of benzene rings is 1. The molecule has 1 heterocycles. The number of rotatable bonds is 7. The number of amides is 1. The Bertz CT molecular complexity index is 720. The van der Waals surface area contributed by atoms with Crippen molar-refractivity contribution in [3.8, 4) is 0 Å². The largest absolute Gasteiger partial charge is 0.445 e. The molecule has 1 aromatic heterocycles. The molecule has 25 heavy (non-hydrogen) atoms. The summed E-state index contributed by atoms with van der Waals surface area (Å²) in [6.07, 6.45) is -3.34. The number of alkyl carbamates (subject to hydrolysis) is 1. The highest BCUT2D eigenvalue weighted by atomic mass is 16.5. The molecule has 0 aliphatic heterocycles. The number of pyridine rings is 1. The van der Waals surface area contributed by atoms with Gasteiger partial charge in [0.15, 0.2) is 5.78 Å². The van der Waals surface area contributed by atoms with Crippen molar-refractivity contribution >= 4 is 11.9 Å². The molecular weight excluding hydrogens is 324 g/mol. The maximum Gasteiger partial charge on any atom is 0.407 e. The van der Waals surface area contributed by atoms with Crippen LogP contribution in [-0.4, -0.2) is 39.7 Å². The van der Waals surface area contributed by atoms with E-state index in [1.165, 1.54) is 19.1 Å². The zero-order valence-electron chi connectivity index (χ0n) is 13.8. The van der Waals surface area contributed by atoms with E-state index in [2.05, 4.69) is 10.3 Å². The second-order valence-corrected chi connectivity index (χ2v) is 5.46. The van der Waals surface area contributed by atoms with Gasteiger partial charge in [0.25, 0.3) is 0 Å². The number of ketones is 1.